The van der Waals surface area contributed by atoms with Gasteiger partial charge in [0.2, 0.25) is 0 Å². The molecule has 0 aliphatic heterocycles. The average molecular weight is 303 g/mol. The van der Waals surface area contributed by atoms with Crippen molar-refractivity contribution in [2.45, 2.75) is 38.3 Å². The Morgan fingerprint density at radius 1 is 1.65 bits per heavy atom. The van der Waals surface area contributed by atoms with Gasteiger partial charge in [0.25, 0.3) is 0 Å². The molecule has 1 heterocycles. The van der Waals surface area contributed by atoms with Crippen LogP contribution in [0, 0.1) is 5.92 Å². The molecular formula is C12H19BrN2O2. The Labute approximate surface area is 110 Å². The Balaban J connectivity index is 2.31. The van der Waals surface area contributed by atoms with Gasteiger partial charge in [-0.25, -0.2) is 0 Å². The second-order valence-corrected chi connectivity index (χ2v) is 5.46. The molecule has 1 aliphatic rings. The highest BCUT2D eigenvalue weighted by Crippen LogP contribution is 2.49. The van der Waals surface area contributed by atoms with E-state index in [1.165, 1.54) is 0 Å². The Hall–Kier alpha value is -0.390. The van der Waals surface area contributed by atoms with Crippen LogP contribution in [0.3, 0.4) is 0 Å². The van der Waals surface area contributed by atoms with Crippen LogP contribution in [0.15, 0.2) is 10.7 Å². The van der Waals surface area contributed by atoms with Crippen molar-refractivity contribution in [2.75, 3.05) is 13.7 Å². The van der Waals surface area contributed by atoms with Crippen molar-refractivity contribution < 1.29 is 9.84 Å². The van der Waals surface area contributed by atoms with Crippen LogP contribution >= 0.6 is 15.9 Å². The quantitative estimate of drug-likeness (QED) is 0.877. The van der Waals surface area contributed by atoms with E-state index in [1.54, 1.807) is 13.3 Å². The Morgan fingerprint density at radius 2 is 2.35 bits per heavy atom. The Morgan fingerprint density at radius 3 is 2.88 bits per heavy atom. The first kappa shape index (κ1) is 13.1. The zero-order chi connectivity index (χ0) is 12.5. The topological polar surface area (TPSA) is 47.3 Å². The van der Waals surface area contributed by atoms with Crippen molar-refractivity contribution in [2.24, 2.45) is 5.92 Å². The lowest BCUT2D eigenvalue weighted by molar-refractivity contribution is -0.00154. The lowest BCUT2D eigenvalue weighted by Gasteiger charge is -2.28. The summed E-state index contributed by atoms with van der Waals surface area (Å²) in [7, 11) is 1.67. The molecular weight excluding hydrogens is 284 g/mol. The zero-order valence-corrected chi connectivity index (χ0v) is 11.9. The normalized spacial score (nSPS) is 19.3. The fourth-order valence-electron chi connectivity index (χ4n) is 2.35. The summed E-state index contributed by atoms with van der Waals surface area (Å²) in [6, 6.07) is 0. The van der Waals surface area contributed by atoms with E-state index in [4.69, 9.17) is 4.74 Å². The van der Waals surface area contributed by atoms with Crippen molar-refractivity contribution in [1.29, 1.82) is 0 Å². The second kappa shape index (κ2) is 5.08. The SMILES string of the molecule is CCC(O)(c1c(Br)cnn1CCOC)C1CC1. The molecule has 96 valence electrons. The van der Waals surface area contributed by atoms with Gasteiger partial charge < -0.3 is 9.84 Å². The summed E-state index contributed by atoms with van der Waals surface area (Å²) in [5.41, 5.74) is 0.155. The van der Waals surface area contributed by atoms with Crippen LogP contribution in [0.25, 0.3) is 0 Å². The summed E-state index contributed by atoms with van der Waals surface area (Å²) < 4.78 is 7.82. The van der Waals surface area contributed by atoms with E-state index in [-0.39, 0.29) is 0 Å². The van der Waals surface area contributed by atoms with Crippen molar-refractivity contribution >= 4 is 15.9 Å². The van der Waals surface area contributed by atoms with E-state index in [1.807, 2.05) is 11.6 Å². The van der Waals surface area contributed by atoms with Crippen molar-refractivity contribution in [1.82, 2.24) is 9.78 Å². The Bertz CT molecular complexity index is 390. The van der Waals surface area contributed by atoms with Gasteiger partial charge in [-0.3, -0.25) is 4.68 Å². The van der Waals surface area contributed by atoms with E-state index in [0.29, 0.717) is 19.1 Å². The molecule has 1 unspecified atom stereocenters. The molecule has 1 saturated carbocycles. The molecule has 1 aromatic rings. The fraction of sp³-hybridized carbons (Fsp3) is 0.750. The van der Waals surface area contributed by atoms with Crippen LogP contribution in [-0.2, 0) is 16.9 Å². The molecule has 1 aromatic heterocycles. The molecule has 0 radical (unpaired) electrons. The largest absolute Gasteiger partial charge is 0.383 e. The number of ether oxygens (including phenoxy) is 1. The number of aromatic nitrogens is 2. The van der Waals surface area contributed by atoms with Gasteiger partial charge in [-0.1, -0.05) is 6.92 Å². The maximum atomic E-state index is 10.8. The summed E-state index contributed by atoms with van der Waals surface area (Å²) >= 11 is 3.50. The highest BCUT2D eigenvalue weighted by atomic mass is 79.9. The molecule has 5 heteroatoms. The lowest BCUT2D eigenvalue weighted by atomic mass is 9.90. The maximum absolute atomic E-state index is 10.8. The molecule has 1 aliphatic carbocycles. The smallest absolute Gasteiger partial charge is 0.110 e. The molecule has 0 amide bonds. The Kier molecular flexibility index (Phi) is 3.90. The average Bonchev–Trinajstić information content (AvgIpc) is 3.11. The van der Waals surface area contributed by atoms with Gasteiger partial charge in [-0.05, 0) is 41.1 Å². The molecule has 1 atom stereocenters. The van der Waals surface area contributed by atoms with E-state index in [9.17, 15) is 5.11 Å². The molecule has 2 rings (SSSR count). The first-order valence-electron chi connectivity index (χ1n) is 6.06. The number of rotatable bonds is 6. The van der Waals surface area contributed by atoms with Crippen LogP contribution in [0.5, 0.6) is 0 Å². The minimum absolute atomic E-state index is 0.377. The number of halogens is 1. The van der Waals surface area contributed by atoms with Crippen LogP contribution in [0.4, 0.5) is 0 Å². The first-order valence-corrected chi connectivity index (χ1v) is 6.86. The number of nitrogens with zero attached hydrogens (tertiary/aromatic N) is 2. The van der Waals surface area contributed by atoms with E-state index in [0.717, 1.165) is 29.4 Å². The summed E-state index contributed by atoms with van der Waals surface area (Å²) in [6.45, 7) is 3.30. The third-order valence-corrected chi connectivity index (χ3v) is 4.08. The lowest BCUT2D eigenvalue weighted by Crippen LogP contribution is -2.31. The maximum Gasteiger partial charge on any atom is 0.110 e. The third kappa shape index (κ3) is 2.41. The molecule has 4 nitrogen and oxygen atoms in total. The third-order valence-electron chi connectivity index (χ3n) is 3.50. The molecule has 0 bridgehead atoms. The molecule has 1 fully saturated rings. The summed E-state index contributed by atoms with van der Waals surface area (Å²) in [5.74, 6) is 0.377. The van der Waals surface area contributed by atoms with Gasteiger partial charge in [0, 0.05) is 7.11 Å². The van der Waals surface area contributed by atoms with E-state index >= 15 is 0 Å². The second-order valence-electron chi connectivity index (χ2n) is 4.61. The van der Waals surface area contributed by atoms with Gasteiger partial charge in [0.1, 0.15) is 5.60 Å². The van der Waals surface area contributed by atoms with Gasteiger partial charge >= 0.3 is 0 Å². The van der Waals surface area contributed by atoms with Crippen LogP contribution in [-0.4, -0.2) is 28.6 Å². The van der Waals surface area contributed by atoms with Crippen molar-refractivity contribution in [3.05, 3.63) is 16.4 Å². The van der Waals surface area contributed by atoms with Gasteiger partial charge in [0.15, 0.2) is 0 Å². The predicted molar refractivity (Wildman–Crippen MR) is 68.7 cm³/mol. The molecule has 0 aromatic carbocycles. The van der Waals surface area contributed by atoms with E-state index < -0.39 is 5.60 Å². The van der Waals surface area contributed by atoms with Crippen LogP contribution < -0.4 is 0 Å². The summed E-state index contributed by atoms with van der Waals surface area (Å²) in [4.78, 5) is 0. The minimum atomic E-state index is -0.747. The standard InChI is InChI=1S/C12H19BrN2O2/c1-3-12(16,9-4-5-9)11-10(13)8-14-15(11)6-7-17-2/h8-9,16H,3-7H2,1-2H3. The highest BCUT2D eigenvalue weighted by molar-refractivity contribution is 9.10. The predicted octanol–water partition coefficient (Wildman–Crippen LogP) is 2.30. The molecule has 0 saturated heterocycles. The highest BCUT2D eigenvalue weighted by Gasteiger charge is 2.46. The number of hydrogen-bond acceptors (Lipinski definition) is 3. The monoisotopic (exact) mass is 302 g/mol. The van der Waals surface area contributed by atoms with E-state index in [2.05, 4.69) is 21.0 Å². The van der Waals surface area contributed by atoms with Crippen molar-refractivity contribution in [3.8, 4) is 0 Å². The van der Waals surface area contributed by atoms with Crippen molar-refractivity contribution in [3.63, 3.8) is 0 Å². The fourth-order valence-corrected chi connectivity index (χ4v) is 2.99. The van der Waals surface area contributed by atoms with Crippen LogP contribution in [0.2, 0.25) is 0 Å². The minimum Gasteiger partial charge on any atom is -0.383 e. The molecule has 0 spiro atoms. The number of aliphatic hydroxyl groups is 1. The van der Waals surface area contributed by atoms with Gasteiger partial charge in [-0.15, -0.1) is 0 Å². The zero-order valence-electron chi connectivity index (χ0n) is 10.3. The molecule has 1 N–H and O–H groups in total. The van der Waals surface area contributed by atoms with Gasteiger partial charge in [-0.2, -0.15) is 5.10 Å². The number of methoxy groups -OCH3 is 1. The van der Waals surface area contributed by atoms with Crippen LogP contribution in [0.1, 0.15) is 31.9 Å². The number of hydrogen-bond donors (Lipinski definition) is 1. The summed E-state index contributed by atoms with van der Waals surface area (Å²) in [5, 5.41) is 15.2. The summed E-state index contributed by atoms with van der Waals surface area (Å²) in [6.07, 6.45) is 4.68. The van der Waals surface area contributed by atoms with Gasteiger partial charge in [0.05, 0.1) is 29.5 Å². The molecule has 17 heavy (non-hydrogen) atoms. The first-order chi connectivity index (χ1) is 8.13.